The van der Waals surface area contributed by atoms with Gasteiger partial charge in [-0.2, -0.15) is 0 Å². The largest absolute Gasteiger partial charge is 0.472 e. The molecule has 3 unspecified atom stereocenters. The van der Waals surface area contributed by atoms with E-state index < -0.39 is 20.0 Å². The predicted octanol–water partition coefficient (Wildman–Crippen LogP) is 24.6. The SMILES string of the molecule is CC/C=C\C/C=C\C/C=C\C/C=C\C/C=C\C/C=C\C/C=C\CCCCCCCCCCCCCCCCCC(=O)NC(COP(=O)(O)OCC[N+](C)(C)C)C(O)/C=C/CC/C=C/CCCCCCCCCCCCCCCCCCCCCCCCCC. The molecule has 0 aromatic carbocycles. The van der Waals surface area contributed by atoms with Crippen LogP contribution in [0.4, 0.5) is 0 Å². The molecule has 1 amide bonds. The van der Waals surface area contributed by atoms with Crippen molar-refractivity contribution in [2.75, 3.05) is 40.9 Å². The molecule has 0 aliphatic heterocycles. The molecule has 8 nitrogen and oxygen atoms in total. The Morgan fingerprint density at radius 3 is 1.03 bits per heavy atom. The van der Waals surface area contributed by atoms with Gasteiger partial charge in [0.05, 0.1) is 39.9 Å². The zero-order valence-corrected chi connectivity index (χ0v) is 60.0. The molecular formula is C80H146N2O6P+. The van der Waals surface area contributed by atoms with Gasteiger partial charge in [-0.25, -0.2) is 4.57 Å². The van der Waals surface area contributed by atoms with Crippen LogP contribution >= 0.6 is 7.82 Å². The first-order valence-electron chi connectivity index (χ1n) is 37.8. The number of hydrogen-bond donors (Lipinski definition) is 3. The number of carbonyl (C=O) groups excluding carboxylic acids is 1. The van der Waals surface area contributed by atoms with Crippen molar-refractivity contribution in [2.45, 2.75) is 353 Å². The average Bonchev–Trinajstić information content (AvgIpc) is 3.57. The van der Waals surface area contributed by atoms with E-state index in [1.165, 1.54) is 238 Å². The van der Waals surface area contributed by atoms with E-state index in [1.807, 2.05) is 27.2 Å². The van der Waals surface area contributed by atoms with E-state index in [4.69, 9.17) is 9.05 Å². The Hall–Kier alpha value is -2.84. The number of unbranched alkanes of at least 4 members (excludes halogenated alkanes) is 40. The molecular weight excluding hydrogens is 1120 g/mol. The van der Waals surface area contributed by atoms with Crippen LogP contribution < -0.4 is 5.32 Å². The molecule has 0 heterocycles. The summed E-state index contributed by atoms with van der Waals surface area (Å²) in [6.07, 6.45) is 103. The van der Waals surface area contributed by atoms with Crippen molar-refractivity contribution in [3.63, 3.8) is 0 Å². The molecule has 516 valence electrons. The fraction of sp³-hybridized carbons (Fsp3) is 0.762. The Balaban J connectivity index is 4.07. The summed E-state index contributed by atoms with van der Waals surface area (Å²) in [5, 5.41) is 14.0. The van der Waals surface area contributed by atoms with Crippen LogP contribution in [0.3, 0.4) is 0 Å². The summed E-state index contributed by atoms with van der Waals surface area (Å²) in [7, 11) is 1.56. The highest BCUT2D eigenvalue weighted by molar-refractivity contribution is 7.47. The fourth-order valence-corrected chi connectivity index (χ4v) is 11.7. The number of phosphoric ester groups is 1. The Bertz CT molecular complexity index is 1820. The number of aliphatic hydroxyl groups excluding tert-OH is 1. The van der Waals surface area contributed by atoms with Crippen LogP contribution in [0.5, 0.6) is 0 Å². The highest BCUT2D eigenvalue weighted by atomic mass is 31.2. The second kappa shape index (κ2) is 69.5. The van der Waals surface area contributed by atoms with Gasteiger partial charge in [-0.1, -0.05) is 354 Å². The third kappa shape index (κ3) is 72.4. The lowest BCUT2D eigenvalue weighted by atomic mass is 10.0. The monoisotopic (exact) mass is 1260 g/mol. The van der Waals surface area contributed by atoms with Gasteiger partial charge in [0, 0.05) is 6.42 Å². The molecule has 0 saturated heterocycles. The quantitative estimate of drug-likeness (QED) is 0.0243. The molecule has 3 N–H and O–H groups in total. The maximum atomic E-state index is 13.1. The number of nitrogens with one attached hydrogen (secondary N) is 1. The molecule has 3 atom stereocenters. The zero-order chi connectivity index (χ0) is 64.8. The molecule has 0 aliphatic rings. The van der Waals surface area contributed by atoms with E-state index in [-0.39, 0.29) is 19.1 Å². The minimum Gasteiger partial charge on any atom is -0.387 e. The Morgan fingerprint density at radius 2 is 0.685 bits per heavy atom. The van der Waals surface area contributed by atoms with Crippen LogP contribution in [0.1, 0.15) is 341 Å². The van der Waals surface area contributed by atoms with Crippen LogP contribution in [0.25, 0.3) is 0 Å². The van der Waals surface area contributed by atoms with Crippen molar-refractivity contribution in [3.8, 4) is 0 Å². The van der Waals surface area contributed by atoms with Crippen LogP contribution in [-0.2, 0) is 18.4 Å². The first kappa shape index (κ1) is 86.2. The Kier molecular flexibility index (Phi) is 67.3. The van der Waals surface area contributed by atoms with Crippen molar-refractivity contribution in [2.24, 2.45) is 0 Å². The van der Waals surface area contributed by atoms with E-state index in [2.05, 4.69) is 116 Å². The van der Waals surface area contributed by atoms with Gasteiger partial charge in [-0.3, -0.25) is 13.8 Å². The number of amides is 1. The number of carbonyl (C=O) groups is 1. The Morgan fingerprint density at radius 1 is 0.393 bits per heavy atom. The molecule has 0 aromatic heterocycles. The number of rotatable bonds is 69. The molecule has 9 heteroatoms. The molecule has 0 aromatic rings. The third-order valence-corrected chi connectivity index (χ3v) is 17.7. The maximum absolute atomic E-state index is 13.1. The number of phosphoric acid groups is 1. The lowest BCUT2D eigenvalue weighted by molar-refractivity contribution is -0.870. The number of likely N-dealkylation sites (N-methyl/N-ethyl adjacent to an activating group) is 1. The minimum atomic E-state index is -4.37. The summed E-state index contributed by atoms with van der Waals surface area (Å²) in [4.78, 5) is 23.5. The van der Waals surface area contributed by atoms with E-state index in [0.29, 0.717) is 17.4 Å². The van der Waals surface area contributed by atoms with Gasteiger partial charge in [-0.05, 0) is 89.9 Å². The highest BCUT2D eigenvalue weighted by Crippen LogP contribution is 2.43. The van der Waals surface area contributed by atoms with Crippen LogP contribution in [0, 0.1) is 0 Å². The van der Waals surface area contributed by atoms with Gasteiger partial charge < -0.3 is 19.8 Å². The molecule has 0 bridgehead atoms. The van der Waals surface area contributed by atoms with Gasteiger partial charge in [0.2, 0.25) is 5.91 Å². The van der Waals surface area contributed by atoms with Gasteiger partial charge >= 0.3 is 7.82 Å². The van der Waals surface area contributed by atoms with Gasteiger partial charge in [0.15, 0.2) is 0 Å². The van der Waals surface area contributed by atoms with E-state index in [1.54, 1.807) is 6.08 Å². The summed E-state index contributed by atoms with van der Waals surface area (Å²) >= 11 is 0. The van der Waals surface area contributed by atoms with E-state index in [9.17, 15) is 19.4 Å². The standard InChI is InChI=1S/C80H145N2O6P/c1-6-8-10-12-14-16-18-20-22-24-26-28-30-32-34-36-38-39-40-41-42-43-44-46-48-50-52-54-56-58-60-62-64-66-68-70-72-74-80(84)81-78(77-88-89(85,86)87-76-75-82(3,4)5)79(83)73-71-69-67-65-63-61-59-57-55-53-51-49-47-45-37-35-33-31-29-27-25-23-21-19-17-15-13-11-9-7-2/h8,10,14,16,20,22,26,28,32,34,38-39,41-42,63,65,71,73,78-79,83H,6-7,9,11-13,15,17-19,21,23-25,27,29-31,33,35-37,40,43-62,64,66-70,72,74-77H2,1-5H3,(H-,81,84,85,86)/p+1/b10-8-,16-14-,22-20-,28-26-,34-32-,39-38-,42-41-,65-63+,73-71+. The van der Waals surface area contributed by atoms with Crippen molar-refractivity contribution in [1.82, 2.24) is 5.32 Å². The van der Waals surface area contributed by atoms with Crippen molar-refractivity contribution in [3.05, 3.63) is 109 Å². The predicted molar refractivity (Wildman–Crippen MR) is 392 cm³/mol. The first-order chi connectivity index (χ1) is 43.5. The second-order valence-corrected chi connectivity index (χ2v) is 28.1. The molecule has 0 rings (SSSR count). The summed E-state index contributed by atoms with van der Waals surface area (Å²) in [6, 6.07) is -0.871. The number of allylic oxidation sites excluding steroid dienone is 17. The van der Waals surface area contributed by atoms with E-state index in [0.717, 1.165) is 83.5 Å². The van der Waals surface area contributed by atoms with Crippen molar-refractivity contribution < 1.29 is 32.9 Å². The molecule has 0 aliphatic carbocycles. The highest BCUT2D eigenvalue weighted by Gasteiger charge is 2.28. The third-order valence-electron chi connectivity index (χ3n) is 16.7. The lowest BCUT2D eigenvalue weighted by Crippen LogP contribution is -2.45. The fourth-order valence-electron chi connectivity index (χ4n) is 10.9. The number of hydrogen-bond acceptors (Lipinski definition) is 5. The second-order valence-electron chi connectivity index (χ2n) is 26.6. The molecule has 0 radical (unpaired) electrons. The van der Waals surface area contributed by atoms with Crippen LogP contribution in [-0.4, -0.2) is 73.4 Å². The molecule has 0 fully saturated rings. The smallest absolute Gasteiger partial charge is 0.387 e. The zero-order valence-electron chi connectivity index (χ0n) is 59.2. The molecule has 89 heavy (non-hydrogen) atoms. The topological polar surface area (TPSA) is 105 Å². The minimum absolute atomic E-state index is 0.0532. The van der Waals surface area contributed by atoms with Gasteiger partial charge in [0.1, 0.15) is 13.2 Å². The summed E-state index contributed by atoms with van der Waals surface area (Å²) in [6.45, 7) is 4.71. The van der Waals surface area contributed by atoms with Gasteiger partial charge in [0.25, 0.3) is 0 Å². The number of nitrogens with zero attached hydrogens (tertiary/aromatic N) is 1. The van der Waals surface area contributed by atoms with E-state index >= 15 is 0 Å². The van der Waals surface area contributed by atoms with Crippen LogP contribution in [0.2, 0.25) is 0 Å². The normalized spacial score (nSPS) is 14.2. The van der Waals surface area contributed by atoms with Crippen molar-refractivity contribution in [1.29, 1.82) is 0 Å². The first-order valence-corrected chi connectivity index (χ1v) is 39.3. The summed E-state index contributed by atoms with van der Waals surface area (Å²) in [5.41, 5.74) is 0. The molecule has 0 spiro atoms. The lowest BCUT2D eigenvalue weighted by Gasteiger charge is -2.25. The van der Waals surface area contributed by atoms with Crippen LogP contribution in [0.15, 0.2) is 109 Å². The number of quaternary nitrogens is 1. The molecule has 0 saturated carbocycles. The maximum Gasteiger partial charge on any atom is 0.472 e. The van der Waals surface area contributed by atoms with Gasteiger partial charge in [-0.15, -0.1) is 0 Å². The Labute approximate surface area is 552 Å². The summed E-state index contributed by atoms with van der Waals surface area (Å²) < 4.78 is 23.8. The average molecular weight is 1260 g/mol. The van der Waals surface area contributed by atoms with Crippen molar-refractivity contribution >= 4 is 13.7 Å². The number of aliphatic hydroxyl groups is 1. The summed E-state index contributed by atoms with van der Waals surface area (Å²) in [5.74, 6) is -0.186.